The predicted molar refractivity (Wildman–Crippen MR) is 78.5 cm³/mol. The maximum Gasteiger partial charge on any atom is 0.220 e. The zero-order chi connectivity index (χ0) is 16.9. The van der Waals surface area contributed by atoms with E-state index in [1.54, 1.807) is 0 Å². The molecule has 8 nitrogen and oxygen atoms in total. The van der Waals surface area contributed by atoms with E-state index in [9.17, 15) is 20.1 Å². The maximum absolute atomic E-state index is 12.0. The first kappa shape index (κ1) is 19.3. The Labute approximate surface area is 130 Å². The third-order valence-electron chi connectivity index (χ3n) is 3.84. The Kier molecular flexibility index (Phi) is 7.67. The molecule has 1 heterocycles. The average molecular weight is 320 g/mol. The van der Waals surface area contributed by atoms with Gasteiger partial charge in [0.1, 0.15) is 24.4 Å². The Morgan fingerprint density at radius 1 is 1.27 bits per heavy atom. The minimum Gasteiger partial charge on any atom is -0.394 e. The van der Waals surface area contributed by atoms with Gasteiger partial charge in [-0.2, -0.15) is 0 Å². The largest absolute Gasteiger partial charge is 0.394 e. The van der Waals surface area contributed by atoms with Gasteiger partial charge in [-0.1, -0.05) is 13.8 Å². The summed E-state index contributed by atoms with van der Waals surface area (Å²) in [6, 6.07) is -1.15. The zero-order valence-corrected chi connectivity index (χ0v) is 13.1. The number of carbonyl (C=O) groups excluding carboxylic acids is 1. The van der Waals surface area contributed by atoms with E-state index in [4.69, 9.17) is 15.6 Å². The molecule has 7 N–H and O–H groups in total. The molecule has 1 aliphatic rings. The van der Waals surface area contributed by atoms with Crippen molar-refractivity contribution < 1.29 is 30.0 Å². The minimum atomic E-state index is -1.50. The van der Waals surface area contributed by atoms with Gasteiger partial charge in [-0.3, -0.25) is 4.79 Å². The van der Waals surface area contributed by atoms with Crippen LogP contribution in [0.3, 0.4) is 0 Å². The standard InChI is InChI=1S/C14H28N2O6/c1-7(2)3-8(5-15)4-10(18)16-11-13(20)12(19)9(6-17)22-14(11)21/h7-9,11-14,17,19-21H,3-6,15H2,1-2H3,(H,16,18)/t8-,9+,11+,12-,13+,14-/m0/s1. The molecule has 0 bridgehead atoms. The molecule has 0 spiro atoms. The van der Waals surface area contributed by atoms with Crippen molar-refractivity contribution in [1.82, 2.24) is 5.32 Å². The number of aliphatic hydroxyl groups excluding tert-OH is 4. The highest BCUT2D eigenvalue weighted by Crippen LogP contribution is 2.20. The molecule has 0 radical (unpaired) electrons. The molecule has 130 valence electrons. The number of hydrogen-bond donors (Lipinski definition) is 6. The summed E-state index contributed by atoms with van der Waals surface area (Å²) in [6.07, 6.45) is -4.43. The zero-order valence-electron chi connectivity index (χ0n) is 13.1. The summed E-state index contributed by atoms with van der Waals surface area (Å²) >= 11 is 0. The minimum absolute atomic E-state index is 0.00825. The molecule has 0 aromatic carbocycles. The SMILES string of the molecule is CC(C)C[C@H](CN)CC(=O)N[C@@H]1[C@@H](O)[C@@H](O)[C@@H](CO)O[C@@H]1O. The Balaban J connectivity index is 2.59. The molecule has 1 amide bonds. The Morgan fingerprint density at radius 3 is 2.41 bits per heavy atom. The van der Waals surface area contributed by atoms with Crippen molar-refractivity contribution >= 4 is 5.91 Å². The number of ether oxygens (including phenoxy) is 1. The van der Waals surface area contributed by atoms with Gasteiger partial charge in [-0.25, -0.2) is 0 Å². The van der Waals surface area contributed by atoms with Gasteiger partial charge >= 0.3 is 0 Å². The number of rotatable bonds is 7. The normalized spacial score (nSPS) is 33.7. The molecule has 8 heteroatoms. The van der Waals surface area contributed by atoms with Crippen LogP contribution >= 0.6 is 0 Å². The fourth-order valence-corrected chi connectivity index (χ4v) is 2.69. The van der Waals surface area contributed by atoms with E-state index >= 15 is 0 Å². The fourth-order valence-electron chi connectivity index (χ4n) is 2.69. The summed E-state index contributed by atoms with van der Waals surface area (Å²) in [6.45, 7) is 3.90. The lowest BCUT2D eigenvalue weighted by Crippen LogP contribution is -2.64. The van der Waals surface area contributed by atoms with Crippen molar-refractivity contribution in [3.8, 4) is 0 Å². The Hall–Kier alpha value is -0.770. The molecular formula is C14H28N2O6. The molecule has 1 aliphatic heterocycles. The number of amides is 1. The summed E-state index contributed by atoms with van der Waals surface area (Å²) < 4.78 is 4.98. The highest BCUT2D eigenvalue weighted by atomic mass is 16.6. The second kappa shape index (κ2) is 8.76. The number of nitrogens with one attached hydrogen (secondary N) is 1. The first-order valence-corrected chi connectivity index (χ1v) is 7.60. The average Bonchev–Trinajstić information content (AvgIpc) is 2.46. The highest BCUT2D eigenvalue weighted by Gasteiger charge is 2.44. The topological polar surface area (TPSA) is 145 Å². The molecule has 0 saturated carbocycles. The van der Waals surface area contributed by atoms with Gasteiger partial charge in [0.05, 0.1) is 6.61 Å². The fraction of sp³-hybridized carbons (Fsp3) is 0.929. The molecule has 22 heavy (non-hydrogen) atoms. The van der Waals surface area contributed by atoms with Crippen LogP contribution in [0.5, 0.6) is 0 Å². The van der Waals surface area contributed by atoms with Gasteiger partial charge in [0, 0.05) is 6.42 Å². The Bertz CT molecular complexity index is 354. The third kappa shape index (κ3) is 5.15. The van der Waals surface area contributed by atoms with Gasteiger partial charge in [0.15, 0.2) is 6.29 Å². The quantitative estimate of drug-likeness (QED) is 0.315. The van der Waals surface area contributed by atoms with E-state index < -0.39 is 37.3 Å². The molecule has 0 aromatic rings. The Morgan fingerprint density at radius 2 is 1.91 bits per heavy atom. The molecule has 0 unspecified atom stereocenters. The van der Waals surface area contributed by atoms with Crippen molar-refractivity contribution in [2.75, 3.05) is 13.2 Å². The van der Waals surface area contributed by atoms with Crippen molar-refractivity contribution in [2.24, 2.45) is 17.6 Å². The van der Waals surface area contributed by atoms with Crippen LogP contribution in [0.15, 0.2) is 0 Å². The second-order valence-corrected chi connectivity index (χ2v) is 6.26. The van der Waals surface area contributed by atoms with E-state index in [1.807, 2.05) is 13.8 Å². The predicted octanol–water partition coefficient (Wildman–Crippen LogP) is -2.09. The third-order valence-corrected chi connectivity index (χ3v) is 3.84. The lowest BCUT2D eigenvalue weighted by Gasteiger charge is -2.40. The van der Waals surface area contributed by atoms with Crippen LogP contribution in [0.25, 0.3) is 0 Å². The van der Waals surface area contributed by atoms with E-state index in [2.05, 4.69) is 5.32 Å². The van der Waals surface area contributed by atoms with Gasteiger partial charge in [-0.15, -0.1) is 0 Å². The lowest BCUT2D eigenvalue weighted by molar-refractivity contribution is -0.253. The lowest BCUT2D eigenvalue weighted by atomic mass is 9.93. The van der Waals surface area contributed by atoms with Crippen molar-refractivity contribution in [3.63, 3.8) is 0 Å². The molecule has 0 aliphatic carbocycles. The number of hydrogen-bond acceptors (Lipinski definition) is 7. The van der Waals surface area contributed by atoms with E-state index in [0.29, 0.717) is 12.5 Å². The van der Waals surface area contributed by atoms with E-state index in [1.165, 1.54) is 0 Å². The van der Waals surface area contributed by atoms with Crippen LogP contribution in [-0.4, -0.2) is 70.1 Å². The molecule has 0 aromatic heterocycles. The van der Waals surface area contributed by atoms with Gasteiger partial charge in [-0.05, 0) is 24.8 Å². The monoisotopic (exact) mass is 320 g/mol. The summed E-state index contributed by atoms with van der Waals surface area (Å²) in [5.74, 6) is 0.0361. The number of carbonyl (C=O) groups is 1. The first-order chi connectivity index (χ1) is 10.3. The van der Waals surface area contributed by atoms with Crippen LogP contribution in [0.4, 0.5) is 0 Å². The highest BCUT2D eigenvalue weighted by molar-refractivity contribution is 5.76. The second-order valence-electron chi connectivity index (χ2n) is 6.26. The summed E-state index contributed by atoms with van der Waals surface area (Å²) in [4.78, 5) is 12.0. The summed E-state index contributed by atoms with van der Waals surface area (Å²) in [7, 11) is 0. The summed E-state index contributed by atoms with van der Waals surface area (Å²) in [5.41, 5.74) is 5.64. The first-order valence-electron chi connectivity index (χ1n) is 7.60. The van der Waals surface area contributed by atoms with E-state index in [0.717, 1.165) is 6.42 Å². The smallest absolute Gasteiger partial charge is 0.220 e. The number of aliphatic hydroxyl groups is 4. The van der Waals surface area contributed by atoms with Crippen molar-refractivity contribution in [1.29, 1.82) is 0 Å². The van der Waals surface area contributed by atoms with Gasteiger partial charge in [0.2, 0.25) is 5.91 Å². The molecule has 1 fully saturated rings. The number of nitrogens with two attached hydrogens (primary N) is 1. The molecular weight excluding hydrogens is 292 g/mol. The van der Waals surface area contributed by atoms with Gasteiger partial charge in [0.25, 0.3) is 0 Å². The molecule has 6 atom stereocenters. The van der Waals surface area contributed by atoms with Crippen LogP contribution in [0.2, 0.25) is 0 Å². The van der Waals surface area contributed by atoms with Gasteiger partial charge < -0.3 is 36.2 Å². The van der Waals surface area contributed by atoms with Crippen molar-refractivity contribution in [3.05, 3.63) is 0 Å². The maximum atomic E-state index is 12.0. The van der Waals surface area contributed by atoms with Crippen LogP contribution in [-0.2, 0) is 9.53 Å². The molecule has 1 saturated heterocycles. The van der Waals surface area contributed by atoms with Crippen molar-refractivity contribution in [2.45, 2.75) is 57.3 Å². The van der Waals surface area contributed by atoms with Crippen LogP contribution in [0.1, 0.15) is 26.7 Å². The summed E-state index contributed by atoms with van der Waals surface area (Å²) in [5, 5.41) is 41.0. The van der Waals surface area contributed by atoms with Crippen LogP contribution in [0, 0.1) is 11.8 Å². The van der Waals surface area contributed by atoms with Crippen LogP contribution < -0.4 is 11.1 Å². The molecule has 1 rings (SSSR count). The van der Waals surface area contributed by atoms with E-state index in [-0.39, 0.29) is 18.2 Å².